The molecule has 0 spiro atoms. The molecule has 1 unspecified atom stereocenters. The van der Waals surface area contributed by atoms with Crippen molar-refractivity contribution in [3.05, 3.63) is 29.3 Å². The highest BCUT2D eigenvalue weighted by Gasteiger charge is 2.27. The van der Waals surface area contributed by atoms with Crippen LogP contribution in [0.15, 0.2) is 17.3 Å². The summed E-state index contributed by atoms with van der Waals surface area (Å²) < 4.78 is 49.8. The van der Waals surface area contributed by atoms with Crippen LogP contribution < -0.4 is 9.62 Å². The molecule has 0 saturated carbocycles. The number of hydrogen-bond acceptors (Lipinski definition) is 6. The minimum atomic E-state index is -1.40. The van der Waals surface area contributed by atoms with E-state index in [2.05, 4.69) is 9.88 Å². The Morgan fingerprint density at radius 2 is 1.70 bits per heavy atom. The molecule has 37 heavy (non-hydrogen) atoms. The number of carbonyl (C=O) groups is 1. The number of rotatable bonds is 7. The summed E-state index contributed by atoms with van der Waals surface area (Å²) in [5, 5.41) is 4.33. The van der Waals surface area contributed by atoms with Gasteiger partial charge in [-0.25, -0.2) is 22.5 Å². The second-order valence-electron chi connectivity index (χ2n) is 10.9. The minimum Gasteiger partial charge on any atom is -0.447 e. The third-order valence-corrected chi connectivity index (χ3v) is 8.10. The highest BCUT2D eigenvalue weighted by Crippen LogP contribution is 2.29. The molecule has 1 aromatic rings. The quantitative estimate of drug-likeness (QED) is 0.487. The Morgan fingerprint density at radius 3 is 2.27 bits per heavy atom. The van der Waals surface area contributed by atoms with Crippen LogP contribution in [0.4, 0.5) is 19.3 Å². The topological polar surface area (TPSA) is 83.5 Å². The molecule has 1 N–H and O–H groups in total. The molecule has 1 aromatic carbocycles. The van der Waals surface area contributed by atoms with E-state index in [1.165, 1.54) is 12.1 Å². The minimum absolute atomic E-state index is 0.0593. The van der Waals surface area contributed by atoms with Crippen LogP contribution in [0.2, 0.25) is 0 Å². The third kappa shape index (κ3) is 8.10. The van der Waals surface area contributed by atoms with Crippen LogP contribution in [0, 0.1) is 11.6 Å². The number of hydrogen-bond donors (Lipinski definition) is 1. The number of ether oxygens (including phenoxy) is 1. The van der Waals surface area contributed by atoms with Crippen molar-refractivity contribution in [1.29, 1.82) is 0 Å². The summed E-state index contributed by atoms with van der Waals surface area (Å²) in [7, 11) is -1.40. The molecule has 0 aromatic heterocycles. The number of anilines is 1. The summed E-state index contributed by atoms with van der Waals surface area (Å²) >= 11 is 0. The third-order valence-electron chi connectivity index (χ3n) is 6.42. The number of piperidine rings is 2. The first-order chi connectivity index (χ1) is 17.3. The molecule has 2 saturated heterocycles. The van der Waals surface area contributed by atoms with Crippen molar-refractivity contribution in [2.24, 2.45) is 5.16 Å². The van der Waals surface area contributed by atoms with E-state index in [-0.39, 0.29) is 29.6 Å². The molecule has 1 amide bonds. The van der Waals surface area contributed by atoms with E-state index >= 15 is 0 Å². The number of nitrogens with one attached hydrogen (secondary N) is 1. The second-order valence-corrected chi connectivity index (χ2v) is 12.9. The van der Waals surface area contributed by atoms with E-state index in [0.29, 0.717) is 51.9 Å². The average Bonchev–Trinajstić information content (AvgIpc) is 2.83. The fourth-order valence-electron chi connectivity index (χ4n) is 4.19. The van der Waals surface area contributed by atoms with Crippen LogP contribution in [-0.2, 0) is 20.6 Å². The fourth-order valence-corrected chi connectivity index (χ4v) is 4.99. The monoisotopic (exact) mass is 542 g/mol. The number of amides is 1. The van der Waals surface area contributed by atoms with Gasteiger partial charge in [-0.1, -0.05) is 5.16 Å². The predicted octanol–water partition coefficient (Wildman–Crippen LogP) is 5.06. The van der Waals surface area contributed by atoms with Gasteiger partial charge in [-0.3, -0.25) is 0 Å². The number of oxime groups is 1. The first kappa shape index (κ1) is 29.3. The van der Waals surface area contributed by atoms with E-state index in [9.17, 15) is 17.8 Å². The Balaban J connectivity index is 1.51. The number of halogens is 2. The van der Waals surface area contributed by atoms with E-state index < -0.39 is 33.4 Å². The van der Waals surface area contributed by atoms with Crippen molar-refractivity contribution in [3.8, 4) is 0 Å². The Hall–Kier alpha value is -2.27. The molecule has 8 nitrogen and oxygen atoms in total. The van der Waals surface area contributed by atoms with Gasteiger partial charge in [-0.05, 0) is 47.6 Å². The Labute approximate surface area is 221 Å². The lowest BCUT2D eigenvalue weighted by molar-refractivity contribution is 0.00415. The molecule has 3 rings (SSSR count). The molecule has 2 fully saturated rings. The molecule has 2 heterocycles. The van der Waals surface area contributed by atoms with E-state index in [1.807, 2.05) is 39.5 Å². The van der Waals surface area contributed by atoms with Gasteiger partial charge in [0.2, 0.25) is 0 Å². The molecule has 208 valence electrons. The molecular formula is C26H40F2N4O4S. The van der Waals surface area contributed by atoms with Gasteiger partial charge >= 0.3 is 6.09 Å². The van der Waals surface area contributed by atoms with Gasteiger partial charge in [0.1, 0.15) is 17.7 Å². The van der Waals surface area contributed by atoms with Crippen molar-refractivity contribution in [3.63, 3.8) is 0 Å². The molecule has 0 aliphatic carbocycles. The highest BCUT2D eigenvalue weighted by molar-refractivity contribution is 7.84. The zero-order valence-corrected chi connectivity index (χ0v) is 23.5. The Bertz CT molecular complexity index is 997. The molecule has 0 radical (unpaired) electrons. The van der Waals surface area contributed by atoms with E-state index in [1.54, 1.807) is 11.8 Å². The lowest BCUT2D eigenvalue weighted by Crippen LogP contribution is -2.41. The molecule has 0 bridgehead atoms. The van der Waals surface area contributed by atoms with Gasteiger partial charge in [-0.15, -0.1) is 0 Å². The lowest BCUT2D eigenvalue weighted by Gasteiger charge is -2.32. The number of carbonyl (C=O) groups excluding carboxylic acids is 1. The summed E-state index contributed by atoms with van der Waals surface area (Å²) in [6.45, 7) is 12.9. The maximum absolute atomic E-state index is 15.0. The zero-order valence-electron chi connectivity index (χ0n) is 22.7. The van der Waals surface area contributed by atoms with Crippen LogP contribution in [0.3, 0.4) is 0 Å². The van der Waals surface area contributed by atoms with Crippen molar-refractivity contribution < 1.29 is 27.4 Å². The first-order valence-electron chi connectivity index (χ1n) is 12.9. The molecule has 11 heteroatoms. The summed E-state index contributed by atoms with van der Waals surface area (Å²) in [4.78, 5) is 21.2. The number of likely N-dealkylation sites (tertiary alicyclic amines) is 1. The Morgan fingerprint density at radius 1 is 1.08 bits per heavy atom. The molecule has 2 atom stereocenters. The van der Waals surface area contributed by atoms with Crippen LogP contribution in [0.25, 0.3) is 0 Å². The maximum Gasteiger partial charge on any atom is 0.410 e. The van der Waals surface area contributed by atoms with Crippen LogP contribution in [-0.4, -0.2) is 64.0 Å². The van der Waals surface area contributed by atoms with Gasteiger partial charge in [0.05, 0.1) is 33.2 Å². The van der Waals surface area contributed by atoms with Crippen molar-refractivity contribution in [2.45, 2.75) is 90.2 Å². The number of nitrogens with zero attached hydrogens (tertiary/aromatic N) is 3. The molecule has 2 aliphatic rings. The summed E-state index contributed by atoms with van der Waals surface area (Å²) in [6.07, 6.45) is 2.04. The Kier molecular flexibility index (Phi) is 9.91. The van der Waals surface area contributed by atoms with Crippen molar-refractivity contribution in [2.75, 3.05) is 31.1 Å². The van der Waals surface area contributed by atoms with Crippen LogP contribution >= 0.6 is 0 Å². The van der Waals surface area contributed by atoms with Crippen LogP contribution in [0.1, 0.15) is 78.8 Å². The van der Waals surface area contributed by atoms with Gasteiger partial charge in [0.25, 0.3) is 0 Å². The highest BCUT2D eigenvalue weighted by atomic mass is 32.2. The maximum atomic E-state index is 15.0. The van der Waals surface area contributed by atoms with E-state index in [4.69, 9.17) is 9.57 Å². The number of benzene rings is 1. The lowest BCUT2D eigenvalue weighted by atomic mass is 10.0. The van der Waals surface area contributed by atoms with Crippen molar-refractivity contribution in [1.82, 2.24) is 9.62 Å². The summed E-state index contributed by atoms with van der Waals surface area (Å²) in [5.74, 6) is -1.04. The second kappa shape index (κ2) is 12.5. The van der Waals surface area contributed by atoms with Gasteiger partial charge < -0.3 is 19.4 Å². The summed E-state index contributed by atoms with van der Waals surface area (Å²) in [6, 6.07) is 1.81. The largest absolute Gasteiger partial charge is 0.447 e. The van der Waals surface area contributed by atoms with E-state index in [0.717, 1.165) is 5.71 Å². The van der Waals surface area contributed by atoms with Crippen molar-refractivity contribution >= 4 is 28.5 Å². The molecule has 2 aliphatic heterocycles. The van der Waals surface area contributed by atoms with Gasteiger partial charge in [-0.2, -0.15) is 0 Å². The predicted molar refractivity (Wildman–Crippen MR) is 142 cm³/mol. The SMILES string of the molecule is CC(C)OC(=O)N1CCC(ON=C2CCN(c3cc(F)c([C@@H](C)NS(=O)C(C)(C)C)cc3F)CC2)CC1. The first-order valence-corrected chi connectivity index (χ1v) is 14.1. The normalized spacial score (nSPS) is 19.1. The standard InChI is InChI=1S/C26H40F2N4O4S/c1-17(2)35-25(33)32-13-9-20(10-14-32)36-29-19-7-11-31(12-8-19)24-16-22(27)21(15-23(24)28)18(3)30-37(34)26(4,5)6/h15-18,20,30H,7-14H2,1-6H3/t18-,37?/m1/s1. The smallest absolute Gasteiger partial charge is 0.410 e. The molecular weight excluding hydrogens is 502 g/mol. The van der Waals surface area contributed by atoms with Crippen LogP contribution in [0.5, 0.6) is 0 Å². The zero-order chi connectivity index (χ0) is 27.3. The average molecular weight is 543 g/mol. The fraction of sp³-hybridized carbons (Fsp3) is 0.692. The summed E-state index contributed by atoms with van der Waals surface area (Å²) in [5.41, 5.74) is 1.25. The van der Waals surface area contributed by atoms with Gasteiger partial charge in [0, 0.05) is 69.5 Å². The van der Waals surface area contributed by atoms with Gasteiger partial charge in [0.15, 0.2) is 0 Å².